The number of carbonyl (C=O) groups excluding carboxylic acids is 1. The van der Waals surface area contributed by atoms with Crippen molar-refractivity contribution in [1.29, 1.82) is 0 Å². The van der Waals surface area contributed by atoms with E-state index in [1.54, 1.807) is 36.4 Å². The summed E-state index contributed by atoms with van der Waals surface area (Å²) in [7, 11) is 0. The van der Waals surface area contributed by atoms with Gasteiger partial charge in [0, 0.05) is 4.90 Å². The molecule has 0 heterocycles. The average Bonchev–Trinajstić information content (AvgIpc) is 2.62. The van der Waals surface area contributed by atoms with Crippen LogP contribution in [0.25, 0.3) is 11.1 Å². The van der Waals surface area contributed by atoms with Gasteiger partial charge in [0.15, 0.2) is 5.41 Å². The quantitative estimate of drug-likeness (QED) is 0.377. The summed E-state index contributed by atoms with van der Waals surface area (Å²) >= 11 is 6.27. The smallest absolute Gasteiger partial charge is 0.288 e. The first kappa shape index (κ1) is 20.5. The molecule has 1 aliphatic rings. The van der Waals surface area contributed by atoms with Crippen LogP contribution in [0.3, 0.4) is 0 Å². The molecule has 28 heavy (non-hydrogen) atoms. The molecule has 2 aromatic carbocycles. The first-order valence-electron chi connectivity index (χ1n) is 8.07. The maximum Gasteiger partial charge on any atom is 0.288 e. The Morgan fingerprint density at radius 2 is 1.57 bits per heavy atom. The van der Waals surface area contributed by atoms with Crippen molar-refractivity contribution < 1.29 is 22.4 Å². The van der Waals surface area contributed by atoms with Gasteiger partial charge in [-0.2, -0.15) is 8.78 Å². The van der Waals surface area contributed by atoms with Gasteiger partial charge in [-0.25, -0.2) is 8.78 Å². The molecule has 0 saturated heterocycles. The van der Waals surface area contributed by atoms with Gasteiger partial charge in [-0.15, -0.1) is 0 Å². The Morgan fingerprint density at radius 3 is 2.04 bits per heavy atom. The van der Waals surface area contributed by atoms with Crippen molar-refractivity contribution in [2.45, 2.75) is 21.2 Å². The van der Waals surface area contributed by atoms with Crippen LogP contribution in [0.5, 0.6) is 0 Å². The van der Waals surface area contributed by atoms with E-state index in [1.165, 1.54) is 12.1 Å². The van der Waals surface area contributed by atoms with E-state index in [1.807, 2.05) is 0 Å². The fourth-order valence-corrected chi connectivity index (χ4v) is 4.02. The highest BCUT2D eigenvalue weighted by Gasteiger charge is 2.60. The van der Waals surface area contributed by atoms with Crippen LogP contribution in [0.4, 0.5) is 17.6 Å². The fraction of sp³-hybridized carbons (Fsp3) is 0.150. The number of halogens is 5. The highest BCUT2D eigenvalue weighted by molar-refractivity contribution is 7.99. The van der Waals surface area contributed by atoms with Crippen molar-refractivity contribution >= 4 is 29.3 Å². The van der Waals surface area contributed by atoms with Gasteiger partial charge in [0.05, 0.1) is 0 Å². The maximum atomic E-state index is 15.0. The van der Waals surface area contributed by atoms with E-state index < -0.39 is 28.0 Å². The summed E-state index contributed by atoms with van der Waals surface area (Å²) in [6, 6.07) is 12.2. The van der Waals surface area contributed by atoms with Gasteiger partial charge < -0.3 is 5.73 Å². The second kappa shape index (κ2) is 7.64. The molecule has 0 aliphatic heterocycles. The van der Waals surface area contributed by atoms with Crippen LogP contribution in [-0.4, -0.2) is 16.8 Å². The normalized spacial score (nSPS) is 24.3. The van der Waals surface area contributed by atoms with E-state index in [4.69, 9.17) is 17.3 Å². The van der Waals surface area contributed by atoms with E-state index >= 15 is 0 Å². The highest BCUT2D eigenvalue weighted by atomic mass is 35.5. The number of carbonyl (C=O) groups is 1. The first-order valence-corrected chi connectivity index (χ1v) is 9.33. The number of thioether (sulfide) groups is 1. The van der Waals surface area contributed by atoms with E-state index in [9.17, 15) is 22.4 Å². The Morgan fingerprint density at radius 1 is 1.04 bits per heavy atom. The van der Waals surface area contributed by atoms with E-state index in [2.05, 4.69) is 0 Å². The number of hydrogen-bond acceptors (Lipinski definition) is 2. The van der Waals surface area contributed by atoms with Crippen molar-refractivity contribution in [2.75, 3.05) is 0 Å². The third-order valence-corrected chi connectivity index (χ3v) is 5.64. The summed E-state index contributed by atoms with van der Waals surface area (Å²) in [4.78, 5) is 12.5. The Balaban J connectivity index is 1.98. The van der Waals surface area contributed by atoms with Crippen molar-refractivity contribution in [3.8, 4) is 11.1 Å². The second-order valence-electron chi connectivity index (χ2n) is 6.09. The van der Waals surface area contributed by atoms with Crippen molar-refractivity contribution in [1.82, 2.24) is 0 Å². The molecule has 0 bridgehead atoms. The lowest BCUT2D eigenvalue weighted by atomic mass is 9.71. The number of nitrogens with two attached hydrogens (primary N) is 1. The zero-order chi connectivity index (χ0) is 20.5. The van der Waals surface area contributed by atoms with Gasteiger partial charge in [-0.1, -0.05) is 65.8 Å². The van der Waals surface area contributed by atoms with E-state index in [0.717, 1.165) is 18.2 Å². The lowest BCUT2D eigenvalue weighted by molar-refractivity contribution is -0.125. The molecule has 0 aromatic heterocycles. The summed E-state index contributed by atoms with van der Waals surface area (Å²) in [5, 5.41) is -2.87. The molecule has 3 rings (SSSR count). The third kappa shape index (κ3) is 3.44. The number of benzene rings is 2. The minimum Gasteiger partial charge on any atom is -0.368 e. The predicted molar refractivity (Wildman–Crippen MR) is 103 cm³/mol. The SMILES string of the molecule is NC(=O)C1(c2ccc(-c3ccc(SC(F)F)cc3)cc2)C(F)=CC=CC1(F)Cl. The Kier molecular flexibility index (Phi) is 5.59. The zero-order valence-corrected chi connectivity index (χ0v) is 15.8. The molecule has 1 amide bonds. The van der Waals surface area contributed by atoms with Gasteiger partial charge in [-0.05, 0) is 41.0 Å². The first-order chi connectivity index (χ1) is 13.2. The van der Waals surface area contributed by atoms with Crippen LogP contribution < -0.4 is 5.73 Å². The molecule has 1 aliphatic carbocycles. The van der Waals surface area contributed by atoms with Gasteiger partial charge in [0.1, 0.15) is 5.83 Å². The topological polar surface area (TPSA) is 43.1 Å². The molecule has 0 spiro atoms. The van der Waals surface area contributed by atoms with Crippen LogP contribution in [0.1, 0.15) is 5.56 Å². The Bertz CT molecular complexity index is 942. The van der Waals surface area contributed by atoms with Crippen molar-refractivity contribution in [3.05, 3.63) is 78.1 Å². The van der Waals surface area contributed by atoms with Crippen LogP contribution in [0.15, 0.2) is 77.5 Å². The lowest BCUT2D eigenvalue weighted by Gasteiger charge is -2.38. The summed E-state index contributed by atoms with van der Waals surface area (Å²) in [6.07, 6.45) is 2.89. The second-order valence-corrected chi connectivity index (χ2v) is 7.70. The molecule has 2 atom stereocenters. The Hall–Kier alpha value is -2.25. The molecule has 0 saturated carbocycles. The molecule has 0 fully saturated rings. The molecular formula is C20H14ClF4NOS. The van der Waals surface area contributed by atoms with Crippen molar-refractivity contribution in [2.24, 2.45) is 5.73 Å². The molecule has 8 heteroatoms. The van der Waals surface area contributed by atoms with Crippen LogP contribution >= 0.6 is 23.4 Å². The number of alkyl halides is 4. The zero-order valence-electron chi connectivity index (χ0n) is 14.2. The van der Waals surface area contributed by atoms with Gasteiger partial charge in [0.2, 0.25) is 11.0 Å². The van der Waals surface area contributed by atoms with E-state index in [0.29, 0.717) is 27.8 Å². The highest BCUT2D eigenvalue weighted by Crippen LogP contribution is 2.50. The molecule has 2 unspecified atom stereocenters. The standard InChI is InChI=1S/C20H14ClF4NOS/c21-19(25)11-1-2-16(22)20(19,17(26)27)14-7-3-12(4-8-14)13-5-9-15(10-6-13)28-18(23)24/h1-11,18H,(H2,26,27). The summed E-state index contributed by atoms with van der Waals surface area (Å²) in [5.74, 6) is -4.87. The molecule has 2 aromatic rings. The summed E-state index contributed by atoms with van der Waals surface area (Å²) in [6.45, 7) is 0. The lowest BCUT2D eigenvalue weighted by Crippen LogP contribution is -2.54. The minimum absolute atomic E-state index is 0.0378. The summed E-state index contributed by atoms with van der Waals surface area (Å²) < 4.78 is 54.4. The summed E-state index contributed by atoms with van der Waals surface area (Å²) in [5.41, 5.74) is 4.20. The molecule has 146 valence electrons. The van der Waals surface area contributed by atoms with E-state index in [-0.39, 0.29) is 5.56 Å². The van der Waals surface area contributed by atoms with Crippen molar-refractivity contribution in [3.63, 3.8) is 0 Å². The molecular weight excluding hydrogens is 414 g/mol. The van der Waals surface area contributed by atoms with Crippen LogP contribution in [0, 0.1) is 0 Å². The van der Waals surface area contributed by atoms with Crippen LogP contribution in [0.2, 0.25) is 0 Å². The minimum atomic E-state index is -2.87. The van der Waals surface area contributed by atoms with Gasteiger partial charge >= 0.3 is 0 Å². The number of rotatable bonds is 5. The van der Waals surface area contributed by atoms with Gasteiger partial charge in [0.25, 0.3) is 5.76 Å². The van der Waals surface area contributed by atoms with Crippen LogP contribution in [-0.2, 0) is 10.2 Å². The number of hydrogen-bond donors (Lipinski definition) is 1. The monoisotopic (exact) mass is 427 g/mol. The fourth-order valence-electron chi connectivity index (χ4n) is 3.16. The molecule has 2 nitrogen and oxygen atoms in total. The molecule has 0 radical (unpaired) electrons. The molecule has 2 N–H and O–H groups in total. The average molecular weight is 428 g/mol. The predicted octanol–water partition coefficient (Wildman–Crippen LogP) is 5.72. The number of amides is 1. The maximum absolute atomic E-state index is 15.0. The Labute approximate surface area is 168 Å². The largest absolute Gasteiger partial charge is 0.368 e. The van der Waals surface area contributed by atoms with Gasteiger partial charge in [-0.3, -0.25) is 4.79 Å². The third-order valence-electron chi connectivity index (χ3n) is 4.51. The number of primary amides is 1. The number of allylic oxidation sites excluding steroid dienone is 3.